The molecule has 1 amide bonds. The number of anilines is 2. The van der Waals surface area contributed by atoms with Crippen LogP contribution in [0.2, 0.25) is 0 Å². The van der Waals surface area contributed by atoms with E-state index >= 15 is 4.39 Å². The SMILES string of the molecule is CCCCN(C)c1ncnc(N2CCCC(C(=O)N[C@@H](Cc3ccc(-c4ccc(OC)cc4)cc3)C(=O)O)C2)c1F. The Kier molecular flexibility index (Phi) is 10.1. The molecule has 0 radical (unpaired) electrons. The van der Waals surface area contributed by atoms with Crippen molar-refractivity contribution in [1.29, 1.82) is 0 Å². The number of nitrogens with one attached hydrogen (secondary N) is 1. The lowest BCUT2D eigenvalue weighted by Gasteiger charge is -2.34. The number of rotatable bonds is 12. The molecule has 1 saturated heterocycles. The lowest BCUT2D eigenvalue weighted by Crippen LogP contribution is -2.49. The smallest absolute Gasteiger partial charge is 0.326 e. The summed E-state index contributed by atoms with van der Waals surface area (Å²) in [6.07, 6.45) is 4.64. The molecule has 0 saturated carbocycles. The zero-order valence-electron chi connectivity index (χ0n) is 23.8. The molecule has 218 valence electrons. The summed E-state index contributed by atoms with van der Waals surface area (Å²) in [5.74, 6) is -1.28. The molecule has 2 N–H and O–H groups in total. The number of carbonyl (C=O) groups excluding carboxylic acids is 1. The van der Waals surface area contributed by atoms with Crippen LogP contribution in [0.5, 0.6) is 5.75 Å². The molecule has 0 spiro atoms. The van der Waals surface area contributed by atoms with E-state index in [0.29, 0.717) is 25.9 Å². The third kappa shape index (κ3) is 7.50. The van der Waals surface area contributed by atoms with E-state index < -0.39 is 23.7 Å². The molecule has 1 aliphatic heterocycles. The molecule has 1 fully saturated rings. The molecule has 1 unspecified atom stereocenters. The maximum absolute atomic E-state index is 15.4. The largest absolute Gasteiger partial charge is 0.497 e. The number of aliphatic carboxylic acids is 1. The number of piperidine rings is 1. The van der Waals surface area contributed by atoms with Crippen molar-refractivity contribution < 1.29 is 23.8 Å². The van der Waals surface area contributed by atoms with E-state index in [1.165, 1.54) is 6.33 Å². The first-order chi connectivity index (χ1) is 19.8. The molecule has 2 aromatic carbocycles. The van der Waals surface area contributed by atoms with Crippen LogP contribution < -0.4 is 19.9 Å². The van der Waals surface area contributed by atoms with Crippen LogP contribution in [0, 0.1) is 11.7 Å². The third-order valence-corrected chi connectivity index (χ3v) is 7.48. The Morgan fingerprint density at radius 1 is 1.15 bits per heavy atom. The molecule has 41 heavy (non-hydrogen) atoms. The van der Waals surface area contributed by atoms with Crippen molar-refractivity contribution in [3.05, 3.63) is 66.2 Å². The number of carboxylic acids is 1. The second-order valence-corrected chi connectivity index (χ2v) is 10.4. The topological polar surface area (TPSA) is 108 Å². The Morgan fingerprint density at radius 2 is 1.83 bits per heavy atom. The molecule has 2 atom stereocenters. The van der Waals surface area contributed by atoms with E-state index in [2.05, 4.69) is 22.2 Å². The van der Waals surface area contributed by atoms with E-state index in [4.69, 9.17) is 4.74 Å². The van der Waals surface area contributed by atoms with E-state index in [-0.39, 0.29) is 30.5 Å². The van der Waals surface area contributed by atoms with Crippen LogP contribution >= 0.6 is 0 Å². The van der Waals surface area contributed by atoms with Crippen LogP contribution in [-0.4, -0.2) is 66.8 Å². The summed E-state index contributed by atoms with van der Waals surface area (Å²) in [6, 6.07) is 14.2. The van der Waals surface area contributed by atoms with Crippen LogP contribution in [0.25, 0.3) is 11.1 Å². The quantitative estimate of drug-likeness (QED) is 0.330. The lowest BCUT2D eigenvalue weighted by atomic mass is 9.95. The Labute approximate surface area is 240 Å². The number of halogens is 1. The minimum absolute atomic E-state index is 0.147. The number of carbonyl (C=O) groups is 2. The first-order valence-corrected chi connectivity index (χ1v) is 14.0. The van der Waals surface area contributed by atoms with Crippen molar-refractivity contribution in [2.75, 3.05) is 43.6 Å². The lowest BCUT2D eigenvalue weighted by molar-refractivity contribution is -0.142. The molecule has 1 aromatic heterocycles. The minimum atomic E-state index is -1.10. The summed E-state index contributed by atoms with van der Waals surface area (Å²) in [7, 11) is 3.42. The van der Waals surface area contributed by atoms with Gasteiger partial charge in [-0.1, -0.05) is 49.7 Å². The van der Waals surface area contributed by atoms with E-state index in [0.717, 1.165) is 35.3 Å². The van der Waals surface area contributed by atoms with Gasteiger partial charge in [-0.2, -0.15) is 4.39 Å². The maximum Gasteiger partial charge on any atom is 0.326 e. The van der Waals surface area contributed by atoms with Crippen molar-refractivity contribution in [1.82, 2.24) is 15.3 Å². The normalized spacial score (nSPS) is 15.7. The molecule has 10 heteroatoms. The fraction of sp³-hybridized carbons (Fsp3) is 0.419. The van der Waals surface area contributed by atoms with Gasteiger partial charge in [0.1, 0.15) is 18.1 Å². The second-order valence-electron chi connectivity index (χ2n) is 10.4. The predicted molar refractivity (Wildman–Crippen MR) is 157 cm³/mol. The van der Waals surface area contributed by atoms with Gasteiger partial charge in [0.05, 0.1) is 13.0 Å². The van der Waals surface area contributed by atoms with E-state index in [9.17, 15) is 14.7 Å². The Bertz CT molecular complexity index is 1320. The highest BCUT2D eigenvalue weighted by molar-refractivity contribution is 5.85. The number of methoxy groups -OCH3 is 1. The van der Waals surface area contributed by atoms with Crippen LogP contribution in [0.15, 0.2) is 54.9 Å². The van der Waals surface area contributed by atoms with Crippen molar-refractivity contribution in [3.8, 4) is 16.9 Å². The summed E-state index contributed by atoms with van der Waals surface area (Å²) in [6.45, 7) is 3.55. The van der Waals surface area contributed by atoms with Crippen molar-refractivity contribution in [2.45, 2.75) is 45.1 Å². The van der Waals surface area contributed by atoms with Crippen LogP contribution in [0.4, 0.5) is 16.0 Å². The van der Waals surface area contributed by atoms with Gasteiger partial charge in [0, 0.05) is 33.1 Å². The first-order valence-electron chi connectivity index (χ1n) is 14.0. The van der Waals surface area contributed by atoms with Crippen molar-refractivity contribution in [3.63, 3.8) is 0 Å². The van der Waals surface area contributed by atoms with Crippen molar-refractivity contribution >= 4 is 23.5 Å². The Hall–Kier alpha value is -4.21. The molecule has 9 nitrogen and oxygen atoms in total. The van der Waals surface area contributed by atoms with Crippen molar-refractivity contribution in [2.24, 2.45) is 5.92 Å². The molecule has 3 aromatic rings. The molecule has 0 aliphatic carbocycles. The molecule has 4 rings (SSSR count). The highest BCUT2D eigenvalue weighted by atomic mass is 19.1. The van der Waals surface area contributed by atoms with Gasteiger partial charge in [0.25, 0.3) is 0 Å². The maximum atomic E-state index is 15.4. The highest BCUT2D eigenvalue weighted by Crippen LogP contribution is 2.28. The van der Waals surface area contributed by atoms with Gasteiger partial charge in [-0.25, -0.2) is 14.8 Å². The van der Waals surface area contributed by atoms with Crippen LogP contribution in [0.3, 0.4) is 0 Å². The van der Waals surface area contributed by atoms with E-state index in [1.54, 1.807) is 24.0 Å². The fourth-order valence-electron chi connectivity index (χ4n) is 5.06. The summed E-state index contributed by atoms with van der Waals surface area (Å²) >= 11 is 0. The number of hydrogen-bond donors (Lipinski definition) is 2. The minimum Gasteiger partial charge on any atom is -0.497 e. The number of carboxylic acid groups (broad SMARTS) is 1. The van der Waals surface area contributed by atoms with Gasteiger partial charge in [-0.15, -0.1) is 0 Å². The summed E-state index contributed by atoms with van der Waals surface area (Å²) < 4.78 is 20.6. The number of hydrogen-bond acceptors (Lipinski definition) is 7. The molecule has 0 bridgehead atoms. The second kappa shape index (κ2) is 13.9. The predicted octanol–water partition coefficient (Wildman–Crippen LogP) is 4.56. The average Bonchev–Trinajstić information content (AvgIpc) is 3.00. The van der Waals surface area contributed by atoms with Crippen LogP contribution in [-0.2, 0) is 16.0 Å². The standard InChI is InChI=1S/C31H38FN5O4/c1-4-5-16-36(2)28-27(32)29(34-20-33-28)37-17-6-7-24(19-37)30(38)35-26(31(39)40)18-21-8-10-22(11-9-21)23-12-14-25(41-3)15-13-23/h8-15,20,24,26H,4-7,16-19H2,1-3H3,(H,35,38)(H,39,40)/t24?,26-/m0/s1. The number of unbranched alkanes of at least 4 members (excludes halogenated alkanes) is 1. The monoisotopic (exact) mass is 563 g/mol. The van der Waals surface area contributed by atoms with Crippen LogP contribution in [0.1, 0.15) is 38.2 Å². The molecule has 1 aliphatic rings. The zero-order valence-corrected chi connectivity index (χ0v) is 23.8. The van der Waals surface area contributed by atoms with Gasteiger partial charge in [0.15, 0.2) is 11.6 Å². The Morgan fingerprint density at radius 3 is 2.46 bits per heavy atom. The number of nitrogens with zero attached hydrogens (tertiary/aromatic N) is 4. The fourth-order valence-corrected chi connectivity index (χ4v) is 5.06. The first kappa shape index (κ1) is 29.8. The van der Waals surface area contributed by atoms with Gasteiger partial charge >= 0.3 is 5.97 Å². The molecule has 2 heterocycles. The Balaban J connectivity index is 1.40. The number of amides is 1. The number of aromatic nitrogens is 2. The zero-order chi connectivity index (χ0) is 29.4. The van der Waals surface area contributed by atoms with Gasteiger partial charge in [-0.3, -0.25) is 4.79 Å². The summed E-state index contributed by atoms with van der Waals surface area (Å²) in [4.78, 5) is 37.1. The molecular weight excluding hydrogens is 525 g/mol. The number of ether oxygens (including phenoxy) is 1. The molecular formula is C31H38FN5O4. The highest BCUT2D eigenvalue weighted by Gasteiger charge is 2.31. The average molecular weight is 564 g/mol. The number of benzene rings is 2. The van der Waals surface area contributed by atoms with Gasteiger partial charge in [0.2, 0.25) is 11.7 Å². The third-order valence-electron chi connectivity index (χ3n) is 7.48. The van der Waals surface area contributed by atoms with Gasteiger partial charge in [-0.05, 0) is 48.1 Å². The van der Waals surface area contributed by atoms with E-state index in [1.807, 2.05) is 48.5 Å². The summed E-state index contributed by atoms with van der Waals surface area (Å²) in [5.41, 5.74) is 2.80. The summed E-state index contributed by atoms with van der Waals surface area (Å²) in [5, 5.41) is 12.6. The van der Waals surface area contributed by atoms with Gasteiger partial charge < -0.3 is 25.0 Å².